The summed E-state index contributed by atoms with van der Waals surface area (Å²) in [7, 11) is 5.36. The van der Waals surface area contributed by atoms with Crippen molar-refractivity contribution in [1.82, 2.24) is 9.97 Å². The van der Waals surface area contributed by atoms with Gasteiger partial charge in [0.05, 0.1) is 7.11 Å². The molecular formula is C14H15N3O2. The van der Waals surface area contributed by atoms with Gasteiger partial charge in [0.1, 0.15) is 0 Å². The summed E-state index contributed by atoms with van der Waals surface area (Å²) < 4.78 is 5.05. The second kappa shape index (κ2) is 5.48. The van der Waals surface area contributed by atoms with Gasteiger partial charge in [0, 0.05) is 37.7 Å². The quantitative estimate of drug-likeness (QED) is 0.781. The number of methoxy groups -OCH3 is 1. The maximum Gasteiger partial charge on any atom is 0.243 e. The minimum absolute atomic E-state index is 0.199. The molecular weight excluding hydrogens is 242 g/mol. The minimum atomic E-state index is -0.199. The smallest absolute Gasteiger partial charge is 0.243 e. The van der Waals surface area contributed by atoms with Crippen LogP contribution in [0.4, 0.5) is 5.69 Å². The molecule has 0 atom stereocenters. The number of anilines is 1. The number of hydrogen-bond donors (Lipinski definition) is 0. The number of nitrogens with zero attached hydrogens (tertiary/aromatic N) is 3. The first-order valence-corrected chi connectivity index (χ1v) is 5.80. The number of benzene rings is 1. The van der Waals surface area contributed by atoms with E-state index < -0.39 is 0 Å². The first-order chi connectivity index (χ1) is 9.13. The van der Waals surface area contributed by atoms with E-state index >= 15 is 0 Å². The molecule has 1 heterocycles. The molecule has 0 bridgehead atoms. The zero-order valence-corrected chi connectivity index (χ0v) is 11.1. The van der Waals surface area contributed by atoms with Crippen LogP contribution in [0.5, 0.6) is 5.88 Å². The molecule has 0 saturated carbocycles. The summed E-state index contributed by atoms with van der Waals surface area (Å²) in [6.45, 7) is 0. The van der Waals surface area contributed by atoms with E-state index in [0.29, 0.717) is 5.56 Å². The Morgan fingerprint density at radius 3 is 2.32 bits per heavy atom. The Hall–Kier alpha value is -2.43. The van der Waals surface area contributed by atoms with Crippen LogP contribution in [0.1, 0.15) is 16.1 Å². The van der Waals surface area contributed by atoms with Crippen LogP contribution in [-0.2, 0) is 0 Å². The van der Waals surface area contributed by atoms with Gasteiger partial charge in [0.25, 0.3) is 0 Å². The maximum absolute atomic E-state index is 12.3. The predicted octanol–water partition coefficient (Wildman–Crippen LogP) is 1.78. The Kier molecular flexibility index (Phi) is 3.75. The zero-order chi connectivity index (χ0) is 13.8. The van der Waals surface area contributed by atoms with Crippen LogP contribution in [-0.4, -0.2) is 37.0 Å². The fraction of sp³-hybridized carbons (Fsp3) is 0.214. The van der Waals surface area contributed by atoms with Crippen molar-refractivity contribution >= 4 is 11.5 Å². The van der Waals surface area contributed by atoms with Crippen LogP contribution in [0.15, 0.2) is 36.7 Å². The van der Waals surface area contributed by atoms with Crippen molar-refractivity contribution in [2.45, 2.75) is 0 Å². The topological polar surface area (TPSA) is 55.3 Å². The molecule has 19 heavy (non-hydrogen) atoms. The van der Waals surface area contributed by atoms with Crippen molar-refractivity contribution in [3.8, 4) is 5.88 Å². The Bertz CT molecular complexity index is 579. The third-order valence-corrected chi connectivity index (χ3v) is 2.72. The van der Waals surface area contributed by atoms with Gasteiger partial charge in [-0.3, -0.25) is 4.79 Å². The molecule has 0 fully saturated rings. The molecule has 0 aliphatic heterocycles. The lowest BCUT2D eigenvalue weighted by molar-refractivity contribution is 0.103. The van der Waals surface area contributed by atoms with Crippen molar-refractivity contribution in [3.05, 3.63) is 47.9 Å². The number of rotatable bonds is 4. The van der Waals surface area contributed by atoms with Crippen molar-refractivity contribution < 1.29 is 9.53 Å². The van der Waals surface area contributed by atoms with Crippen LogP contribution in [0.3, 0.4) is 0 Å². The molecule has 2 aromatic rings. The number of ketones is 1. The van der Waals surface area contributed by atoms with Gasteiger partial charge >= 0.3 is 0 Å². The highest BCUT2D eigenvalue weighted by Gasteiger charge is 2.16. The summed E-state index contributed by atoms with van der Waals surface area (Å²) in [4.78, 5) is 22.3. The van der Waals surface area contributed by atoms with Crippen LogP contribution in [0.25, 0.3) is 0 Å². The highest BCUT2D eigenvalue weighted by atomic mass is 16.5. The Labute approximate surface area is 111 Å². The van der Waals surface area contributed by atoms with Gasteiger partial charge in [-0.15, -0.1) is 0 Å². The lowest BCUT2D eigenvalue weighted by Gasteiger charge is -2.12. The number of carbonyl (C=O) groups excluding carboxylic acids is 1. The summed E-state index contributed by atoms with van der Waals surface area (Å²) in [6, 6.07) is 7.31. The standard InChI is InChI=1S/C14H15N3O2/c1-17(2)11-6-4-10(5-7-11)13(18)12-14(19-3)16-9-8-15-12/h4-9H,1-3H3. The first kappa shape index (κ1) is 13.0. The first-order valence-electron chi connectivity index (χ1n) is 5.80. The Morgan fingerprint density at radius 2 is 1.74 bits per heavy atom. The van der Waals surface area contributed by atoms with Gasteiger partial charge in [-0.1, -0.05) is 0 Å². The lowest BCUT2D eigenvalue weighted by Crippen LogP contribution is -2.10. The summed E-state index contributed by atoms with van der Waals surface area (Å²) in [6.07, 6.45) is 2.97. The summed E-state index contributed by atoms with van der Waals surface area (Å²) in [5, 5.41) is 0. The lowest BCUT2D eigenvalue weighted by atomic mass is 10.1. The second-order valence-electron chi connectivity index (χ2n) is 4.18. The Balaban J connectivity index is 2.33. The van der Waals surface area contributed by atoms with E-state index in [2.05, 4.69) is 9.97 Å². The molecule has 0 spiro atoms. The number of hydrogen-bond acceptors (Lipinski definition) is 5. The molecule has 0 amide bonds. The normalized spacial score (nSPS) is 10.1. The van der Waals surface area contributed by atoms with Crippen molar-refractivity contribution in [2.75, 3.05) is 26.1 Å². The minimum Gasteiger partial charge on any atom is -0.479 e. The van der Waals surface area contributed by atoms with Crippen LogP contribution in [0, 0.1) is 0 Å². The number of aromatic nitrogens is 2. The van der Waals surface area contributed by atoms with Crippen LogP contribution >= 0.6 is 0 Å². The van der Waals surface area contributed by atoms with E-state index in [9.17, 15) is 4.79 Å². The second-order valence-corrected chi connectivity index (χ2v) is 4.18. The number of carbonyl (C=O) groups is 1. The molecule has 0 N–H and O–H groups in total. The van der Waals surface area contributed by atoms with Crippen LogP contribution in [0.2, 0.25) is 0 Å². The van der Waals surface area contributed by atoms with Gasteiger partial charge < -0.3 is 9.64 Å². The van der Waals surface area contributed by atoms with Crippen molar-refractivity contribution in [2.24, 2.45) is 0 Å². The molecule has 98 valence electrons. The SMILES string of the molecule is COc1nccnc1C(=O)c1ccc(N(C)C)cc1. The van der Waals surface area contributed by atoms with Gasteiger partial charge in [0.15, 0.2) is 5.69 Å². The molecule has 0 aliphatic rings. The summed E-state index contributed by atoms with van der Waals surface area (Å²) >= 11 is 0. The van der Waals surface area contributed by atoms with E-state index in [1.54, 1.807) is 12.1 Å². The molecule has 0 radical (unpaired) electrons. The molecule has 0 aliphatic carbocycles. The Morgan fingerprint density at radius 1 is 1.11 bits per heavy atom. The van der Waals surface area contributed by atoms with Gasteiger partial charge in [-0.05, 0) is 24.3 Å². The van der Waals surface area contributed by atoms with Crippen LogP contribution < -0.4 is 9.64 Å². The monoisotopic (exact) mass is 257 g/mol. The molecule has 2 rings (SSSR count). The van der Waals surface area contributed by atoms with Crippen molar-refractivity contribution in [3.63, 3.8) is 0 Å². The highest BCUT2D eigenvalue weighted by Crippen LogP contribution is 2.18. The highest BCUT2D eigenvalue weighted by molar-refractivity contribution is 6.09. The van der Waals surface area contributed by atoms with Crippen molar-refractivity contribution in [1.29, 1.82) is 0 Å². The molecule has 1 aromatic carbocycles. The summed E-state index contributed by atoms with van der Waals surface area (Å²) in [5.41, 5.74) is 1.81. The fourth-order valence-electron chi connectivity index (χ4n) is 1.68. The molecule has 5 nitrogen and oxygen atoms in total. The van der Waals surface area contributed by atoms with Gasteiger partial charge in [-0.2, -0.15) is 0 Å². The average molecular weight is 257 g/mol. The predicted molar refractivity (Wildman–Crippen MR) is 72.8 cm³/mol. The van der Waals surface area contributed by atoms with E-state index in [1.165, 1.54) is 19.5 Å². The number of ether oxygens (including phenoxy) is 1. The summed E-state index contributed by atoms with van der Waals surface area (Å²) in [5.74, 6) is 0.0412. The van der Waals surface area contributed by atoms with E-state index in [1.807, 2.05) is 31.1 Å². The molecule has 5 heteroatoms. The fourth-order valence-corrected chi connectivity index (χ4v) is 1.68. The third kappa shape index (κ3) is 2.70. The average Bonchev–Trinajstić information content (AvgIpc) is 2.46. The molecule has 0 saturated heterocycles. The molecule has 1 aromatic heterocycles. The third-order valence-electron chi connectivity index (χ3n) is 2.72. The zero-order valence-electron chi connectivity index (χ0n) is 11.1. The molecule has 0 unspecified atom stereocenters. The van der Waals surface area contributed by atoms with Gasteiger partial charge in [0.2, 0.25) is 11.7 Å². The largest absolute Gasteiger partial charge is 0.479 e. The van der Waals surface area contributed by atoms with E-state index in [-0.39, 0.29) is 17.4 Å². The van der Waals surface area contributed by atoms with E-state index in [4.69, 9.17) is 4.74 Å². The maximum atomic E-state index is 12.3. The van der Waals surface area contributed by atoms with E-state index in [0.717, 1.165) is 5.69 Å². The van der Waals surface area contributed by atoms with Gasteiger partial charge in [-0.25, -0.2) is 9.97 Å².